The van der Waals surface area contributed by atoms with Crippen molar-refractivity contribution in [1.82, 2.24) is 24.1 Å². The van der Waals surface area contributed by atoms with Crippen molar-refractivity contribution >= 4 is 17.1 Å². The van der Waals surface area contributed by atoms with Crippen molar-refractivity contribution in [2.24, 2.45) is 0 Å². The molecule has 2 aliphatic rings. The van der Waals surface area contributed by atoms with E-state index in [1.807, 2.05) is 53.9 Å². The minimum Gasteiger partial charge on any atom is -0.368 e. The molecule has 2 aromatic rings. The van der Waals surface area contributed by atoms with E-state index in [4.69, 9.17) is 0 Å². The summed E-state index contributed by atoms with van der Waals surface area (Å²) in [6.45, 7) is 10.1. The molecule has 1 unspecified atom stereocenters. The fourth-order valence-corrected chi connectivity index (χ4v) is 3.84. The third kappa shape index (κ3) is 4.12. The molecule has 0 radical (unpaired) electrons. The summed E-state index contributed by atoms with van der Waals surface area (Å²) in [5.74, 6) is 0.00730. The molecule has 1 fully saturated rings. The molecule has 29 heavy (non-hydrogen) atoms. The average molecular weight is 392 g/mol. The molecule has 0 N–H and O–H groups in total. The van der Waals surface area contributed by atoms with Crippen LogP contribution >= 0.6 is 0 Å². The third-order valence-corrected chi connectivity index (χ3v) is 5.75. The van der Waals surface area contributed by atoms with Gasteiger partial charge >= 0.3 is 0 Å². The number of hydrogen-bond donors (Lipinski definition) is 0. The van der Waals surface area contributed by atoms with Gasteiger partial charge in [-0.3, -0.25) is 4.79 Å². The average Bonchev–Trinajstić information content (AvgIpc) is 3.08. The van der Waals surface area contributed by atoms with E-state index in [2.05, 4.69) is 40.9 Å². The normalized spacial score (nSPS) is 21.0. The summed E-state index contributed by atoms with van der Waals surface area (Å²) in [6.07, 6.45) is 12.0. The molecule has 1 amide bonds. The topological polar surface area (TPSA) is 44.1 Å². The highest BCUT2D eigenvalue weighted by Gasteiger charge is 2.22. The van der Waals surface area contributed by atoms with E-state index in [1.54, 1.807) is 6.08 Å². The standard InChI is InChI=1S/C23H29N5O/c1-17(20-6-8-22-24-18(2)14-27(22)15-20)13-23(29)28-16-21(7-5-19(28)3)26-11-9-25(4)10-12-26/h5-8,13-16,19H,9-12H2,1-4H3/b17-13+. The summed E-state index contributed by atoms with van der Waals surface area (Å²) in [4.78, 5) is 24.0. The van der Waals surface area contributed by atoms with Crippen LogP contribution in [0.3, 0.4) is 0 Å². The van der Waals surface area contributed by atoms with E-state index < -0.39 is 0 Å². The summed E-state index contributed by atoms with van der Waals surface area (Å²) in [5, 5.41) is 0. The van der Waals surface area contributed by atoms with Gasteiger partial charge in [-0.15, -0.1) is 0 Å². The zero-order chi connectivity index (χ0) is 20.5. The molecule has 4 rings (SSSR count). The lowest BCUT2D eigenvalue weighted by Gasteiger charge is -2.37. The summed E-state index contributed by atoms with van der Waals surface area (Å²) in [7, 11) is 2.15. The van der Waals surface area contributed by atoms with Crippen molar-refractivity contribution in [3.63, 3.8) is 0 Å². The van der Waals surface area contributed by atoms with Gasteiger partial charge in [0.05, 0.1) is 17.4 Å². The molecular formula is C23H29N5O. The quantitative estimate of drug-likeness (QED) is 0.755. The lowest BCUT2D eigenvalue weighted by atomic mass is 10.1. The highest BCUT2D eigenvalue weighted by molar-refractivity contribution is 5.96. The molecule has 2 aliphatic heterocycles. The predicted octanol–water partition coefficient (Wildman–Crippen LogP) is 2.92. The van der Waals surface area contributed by atoms with Crippen LogP contribution in [0.1, 0.15) is 25.1 Å². The van der Waals surface area contributed by atoms with Gasteiger partial charge in [0.2, 0.25) is 0 Å². The van der Waals surface area contributed by atoms with Crippen molar-refractivity contribution in [3.8, 4) is 0 Å². The predicted molar refractivity (Wildman–Crippen MR) is 116 cm³/mol. The number of amides is 1. The fourth-order valence-electron chi connectivity index (χ4n) is 3.84. The number of fused-ring (bicyclic) bond motifs is 1. The molecule has 4 heterocycles. The highest BCUT2D eigenvalue weighted by atomic mass is 16.2. The summed E-state index contributed by atoms with van der Waals surface area (Å²) in [5.41, 5.74) is 4.98. The summed E-state index contributed by atoms with van der Waals surface area (Å²) < 4.78 is 2.00. The van der Waals surface area contributed by atoms with Gasteiger partial charge in [0.1, 0.15) is 5.65 Å². The molecule has 2 aromatic heterocycles. The van der Waals surface area contributed by atoms with Crippen LogP contribution in [0.2, 0.25) is 0 Å². The second-order valence-corrected chi connectivity index (χ2v) is 8.08. The molecule has 1 saturated heterocycles. The van der Waals surface area contributed by atoms with Crippen molar-refractivity contribution in [2.75, 3.05) is 33.2 Å². The first-order valence-electron chi connectivity index (χ1n) is 10.2. The number of rotatable bonds is 3. The fraction of sp³-hybridized carbons (Fsp3) is 0.391. The first kappa shape index (κ1) is 19.5. The zero-order valence-electron chi connectivity index (χ0n) is 17.7. The third-order valence-electron chi connectivity index (χ3n) is 5.75. The maximum absolute atomic E-state index is 13.1. The Bertz CT molecular complexity index is 1010. The Kier molecular flexibility index (Phi) is 5.28. The summed E-state index contributed by atoms with van der Waals surface area (Å²) >= 11 is 0. The number of aromatic nitrogens is 2. The highest BCUT2D eigenvalue weighted by Crippen LogP contribution is 2.21. The van der Waals surface area contributed by atoms with E-state index in [1.165, 1.54) is 0 Å². The number of pyridine rings is 1. The van der Waals surface area contributed by atoms with Gasteiger partial charge in [0, 0.05) is 50.8 Å². The van der Waals surface area contributed by atoms with Crippen molar-refractivity contribution < 1.29 is 4.79 Å². The number of piperazine rings is 1. The van der Waals surface area contributed by atoms with Gasteiger partial charge in [-0.1, -0.05) is 6.08 Å². The van der Waals surface area contributed by atoms with Crippen LogP contribution in [0, 0.1) is 6.92 Å². The minimum absolute atomic E-state index is 0.00730. The maximum Gasteiger partial charge on any atom is 0.251 e. The molecule has 0 bridgehead atoms. The van der Waals surface area contributed by atoms with E-state index in [0.717, 1.165) is 54.4 Å². The molecule has 1 atom stereocenters. The molecular weight excluding hydrogens is 362 g/mol. The number of carbonyl (C=O) groups excluding carboxylic acids is 1. The number of nitrogens with zero attached hydrogens (tertiary/aromatic N) is 5. The van der Waals surface area contributed by atoms with Crippen molar-refractivity contribution in [1.29, 1.82) is 0 Å². The number of allylic oxidation sites excluding steroid dienone is 2. The van der Waals surface area contributed by atoms with Crippen LogP contribution in [0.5, 0.6) is 0 Å². The van der Waals surface area contributed by atoms with Crippen LogP contribution < -0.4 is 0 Å². The Hall–Kier alpha value is -2.86. The Labute approximate surface area is 172 Å². The van der Waals surface area contributed by atoms with Crippen molar-refractivity contribution in [3.05, 3.63) is 65.9 Å². The van der Waals surface area contributed by atoms with Gasteiger partial charge in [-0.2, -0.15) is 0 Å². The first-order chi connectivity index (χ1) is 13.9. The van der Waals surface area contributed by atoms with Gasteiger partial charge in [-0.05, 0) is 57.2 Å². The summed E-state index contributed by atoms with van der Waals surface area (Å²) in [6, 6.07) is 4.05. The Morgan fingerprint density at radius 2 is 1.93 bits per heavy atom. The number of carbonyl (C=O) groups is 1. The zero-order valence-corrected chi connectivity index (χ0v) is 17.7. The van der Waals surface area contributed by atoms with Crippen molar-refractivity contribution in [2.45, 2.75) is 26.8 Å². The second-order valence-electron chi connectivity index (χ2n) is 8.08. The first-order valence-corrected chi connectivity index (χ1v) is 10.2. The van der Waals surface area contributed by atoms with E-state index >= 15 is 0 Å². The molecule has 152 valence electrons. The maximum atomic E-state index is 13.1. The minimum atomic E-state index is 0.00730. The molecule has 6 nitrogen and oxygen atoms in total. The van der Waals surface area contributed by atoms with E-state index in [0.29, 0.717) is 0 Å². The molecule has 0 saturated carbocycles. The van der Waals surface area contributed by atoms with Crippen LogP contribution in [0.15, 0.2) is 54.7 Å². The van der Waals surface area contributed by atoms with Gasteiger partial charge in [-0.25, -0.2) is 4.98 Å². The smallest absolute Gasteiger partial charge is 0.251 e. The lowest BCUT2D eigenvalue weighted by Crippen LogP contribution is -2.45. The van der Waals surface area contributed by atoms with Crippen LogP contribution in [0.25, 0.3) is 11.2 Å². The number of likely N-dealkylation sites (N-methyl/N-ethyl adjacent to an activating group) is 1. The Balaban J connectivity index is 1.54. The Morgan fingerprint density at radius 1 is 1.17 bits per heavy atom. The number of hydrogen-bond acceptors (Lipinski definition) is 4. The van der Waals surface area contributed by atoms with Crippen LogP contribution in [0.4, 0.5) is 0 Å². The Morgan fingerprint density at radius 3 is 2.69 bits per heavy atom. The molecule has 0 aromatic carbocycles. The molecule has 0 spiro atoms. The van der Waals surface area contributed by atoms with Crippen LogP contribution in [-0.4, -0.2) is 69.3 Å². The van der Waals surface area contributed by atoms with Gasteiger partial charge in [0.15, 0.2) is 0 Å². The van der Waals surface area contributed by atoms with Gasteiger partial charge < -0.3 is 19.1 Å². The second kappa shape index (κ2) is 7.87. The lowest BCUT2D eigenvalue weighted by molar-refractivity contribution is -0.124. The van der Waals surface area contributed by atoms with E-state index in [9.17, 15) is 4.79 Å². The van der Waals surface area contributed by atoms with Gasteiger partial charge in [0.25, 0.3) is 5.91 Å². The van der Waals surface area contributed by atoms with Crippen LogP contribution in [-0.2, 0) is 4.79 Å². The SMILES string of the molecule is C/C(=C\C(=O)N1C=C(N2CCN(C)CC2)C=CC1C)c1ccc2nc(C)cn2c1. The number of imidazole rings is 1. The monoisotopic (exact) mass is 391 g/mol. The molecule has 6 heteroatoms. The number of aryl methyl sites for hydroxylation is 1. The van der Waals surface area contributed by atoms with E-state index in [-0.39, 0.29) is 11.9 Å². The molecule has 0 aliphatic carbocycles. The largest absolute Gasteiger partial charge is 0.368 e.